The molecule has 5 N–H and O–H groups in total. The lowest BCUT2D eigenvalue weighted by Gasteiger charge is -2.20. The molecule has 2 aliphatic rings. The third-order valence-electron chi connectivity index (χ3n) is 9.04. The maximum Gasteiger partial charge on any atom is 0.331 e. The van der Waals surface area contributed by atoms with E-state index in [0.717, 1.165) is 42.7 Å². The van der Waals surface area contributed by atoms with Crippen molar-refractivity contribution < 1.29 is 36.3 Å². The highest BCUT2D eigenvalue weighted by molar-refractivity contribution is 7.92. The van der Waals surface area contributed by atoms with E-state index < -0.39 is 37.4 Å². The first-order valence-electron chi connectivity index (χ1n) is 17.0. The molecule has 12 nitrogen and oxygen atoms in total. The number of carbonyl (C=O) groups is 2. The fourth-order valence-electron chi connectivity index (χ4n) is 6.15. The summed E-state index contributed by atoms with van der Waals surface area (Å²) in [6.07, 6.45) is 3.13. The van der Waals surface area contributed by atoms with Gasteiger partial charge in [-0.3, -0.25) is 4.79 Å². The molecule has 276 valence electrons. The number of aliphatic hydroxyl groups is 1. The zero-order valence-corrected chi connectivity index (χ0v) is 30.6. The van der Waals surface area contributed by atoms with Crippen molar-refractivity contribution in [3.05, 3.63) is 118 Å². The van der Waals surface area contributed by atoms with E-state index in [-0.39, 0.29) is 29.4 Å². The number of nitrogen functional groups attached to an aromatic ring is 1. The van der Waals surface area contributed by atoms with Crippen LogP contribution >= 0.6 is 0 Å². The molecular weight excluding hydrogens is 705 g/mol. The summed E-state index contributed by atoms with van der Waals surface area (Å²) in [5.74, 6) is -0.601. The summed E-state index contributed by atoms with van der Waals surface area (Å²) in [7, 11) is -6.42. The minimum Gasteiger partial charge on any atom is -0.497 e. The molecule has 14 heteroatoms. The molecule has 0 bridgehead atoms. The maximum atomic E-state index is 12.8. The number of aliphatic hydroxyl groups excluding tert-OH is 1. The number of nitrogens with two attached hydrogens (primary N) is 1. The second-order valence-corrected chi connectivity index (χ2v) is 16.4. The number of urea groups is 1. The van der Waals surface area contributed by atoms with Crippen molar-refractivity contribution in [2.45, 2.75) is 48.5 Å². The number of benzene rings is 4. The van der Waals surface area contributed by atoms with Gasteiger partial charge in [0.25, 0.3) is 10.0 Å². The molecule has 2 heterocycles. The molecule has 0 spiro atoms. The van der Waals surface area contributed by atoms with E-state index in [0.29, 0.717) is 36.3 Å². The van der Waals surface area contributed by atoms with Gasteiger partial charge in [-0.15, -0.1) is 0 Å². The smallest absolute Gasteiger partial charge is 0.331 e. The molecule has 6 rings (SSSR count). The first-order valence-corrected chi connectivity index (χ1v) is 20.1. The molecule has 4 aromatic rings. The van der Waals surface area contributed by atoms with Gasteiger partial charge in [0, 0.05) is 25.2 Å². The summed E-state index contributed by atoms with van der Waals surface area (Å²) in [5, 5.41) is 12.5. The molecule has 0 atom stereocenters. The van der Waals surface area contributed by atoms with Gasteiger partial charge >= 0.3 is 6.03 Å². The van der Waals surface area contributed by atoms with Crippen LogP contribution in [-0.2, 0) is 63.4 Å². The molecule has 0 saturated heterocycles. The standard InChI is InChI=1S/C28H30N2O8S2.C10H14N2/c1-38-25-6-10-27(11-7-25)40(36,37)29-28(33)30-14-12-22-5-2-21(16-23(22)13-15-30)17-24(32)19-39(34,35)26-8-3-20(18-31)4-9-26;11-10-2-1-8-3-5-12-6-4-9(8)7-10/h2-11,16,31H,12-15,17-19H2,1H3,(H,29,33);1-2,7,12H,3-6,11H2. The van der Waals surface area contributed by atoms with Crippen molar-refractivity contribution in [3.8, 4) is 5.75 Å². The average molecular weight is 749 g/mol. The van der Waals surface area contributed by atoms with Gasteiger partial charge in [0.1, 0.15) is 11.5 Å². The minimum atomic E-state index is -4.07. The predicted octanol–water partition coefficient (Wildman–Crippen LogP) is 3.23. The van der Waals surface area contributed by atoms with Crippen molar-refractivity contribution in [1.82, 2.24) is 14.9 Å². The summed E-state index contributed by atoms with van der Waals surface area (Å²) in [4.78, 5) is 26.8. The van der Waals surface area contributed by atoms with Crippen LogP contribution in [0, 0.1) is 0 Å². The van der Waals surface area contributed by atoms with Crippen molar-refractivity contribution in [2.24, 2.45) is 0 Å². The van der Waals surface area contributed by atoms with Gasteiger partial charge in [-0.1, -0.05) is 36.4 Å². The first-order chi connectivity index (χ1) is 24.9. The van der Waals surface area contributed by atoms with Gasteiger partial charge in [0.15, 0.2) is 15.6 Å². The molecular formula is C38H44N4O8S2. The highest BCUT2D eigenvalue weighted by Crippen LogP contribution is 2.21. The Balaban J connectivity index is 0.000000365. The van der Waals surface area contributed by atoms with E-state index in [1.165, 1.54) is 71.7 Å². The topological polar surface area (TPSA) is 185 Å². The molecule has 4 aromatic carbocycles. The minimum absolute atomic E-state index is 0.0207. The Kier molecular flexibility index (Phi) is 12.7. The van der Waals surface area contributed by atoms with Crippen LogP contribution in [0.15, 0.2) is 94.7 Å². The van der Waals surface area contributed by atoms with Crippen LogP contribution in [0.2, 0.25) is 0 Å². The van der Waals surface area contributed by atoms with Crippen LogP contribution in [0.5, 0.6) is 5.75 Å². The largest absolute Gasteiger partial charge is 0.497 e. The number of carbonyl (C=O) groups excluding carboxylic acids is 2. The number of anilines is 1. The number of ketones is 1. The van der Waals surface area contributed by atoms with Crippen LogP contribution in [0.25, 0.3) is 0 Å². The Bertz CT molecular complexity index is 2100. The van der Waals surface area contributed by atoms with E-state index in [9.17, 15) is 26.4 Å². The Morgan fingerprint density at radius 1 is 0.769 bits per heavy atom. The number of rotatable bonds is 9. The lowest BCUT2D eigenvalue weighted by molar-refractivity contribution is -0.116. The molecule has 0 aliphatic carbocycles. The lowest BCUT2D eigenvalue weighted by Crippen LogP contribution is -2.43. The molecule has 2 aliphatic heterocycles. The third-order valence-corrected chi connectivity index (χ3v) is 12.1. The molecule has 0 aromatic heterocycles. The normalized spacial score (nSPS) is 14.4. The zero-order valence-electron chi connectivity index (χ0n) is 29.0. The number of sulfone groups is 1. The highest BCUT2D eigenvalue weighted by atomic mass is 32.2. The first kappa shape index (κ1) is 38.5. The number of Topliss-reactive ketones (excluding diaryl/α,β-unsaturated/α-hetero) is 1. The Morgan fingerprint density at radius 2 is 1.35 bits per heavy atom. The van der Waals surface area contributed by atoms with E-state index in [2.05, 4.69) is 22.2 Å². The van der Waals surface area contributed by atoms with E-state index in [4.69, 9.17) is 15.6 Å². The van der Waals surface area contributed by atoms with E-state index in [1.54, 1.807) is 6.07 Å². The van der Waals surface area contributed by atoms with Crippen molar-refractivity contribution in [1.29, 1.82) is 0 Å². The number of sulfonamides is 1. The van der Waals surface area contributed by atoms with Crippen molar-refractivity contribution in [3.63, 3.8) is 0 Å². The lowest BCUT2D eigenvalue weighted by atomic mass is 9.98. The number of amides is 2. The van der Waals surface area contributed by atoms with Gasteiger partial charge in [-0.2, -0.15) is 0 Å². The zero-order chi connectivity index (χ0) is 37.3. The van der Waals surface area contributed by atoms with Gasteiger partial charge < -0.3 is 25.8 Å². The number of methoxy groups -OCH3 is 1. The molecule has 0 radical (unpaired) electrons. The van der Waals surface area contributed by atoms with Crippen LogP contribution < -0.4 is 20.5 Å². The number of fused-ring (bicyclic) bond motifs is 2. The summed E-state index contributed by atoms with van der Waals surface area (Å²) >= 11 is 0. The highest BCUT2D eigenvalue weighted by Gasteiger charge is 2.25. The fraction of sp³-hybridized carbons (Fsp3) is 0.316. The molecule has 0 saturated carbocycles. The number of hydrogen-bond donors (Lipinski definition) is 4. The molecule has 0 fully saturated rings. The molecule has 0 unspecified atom stereocenters. The third kappa shape index (κ3) is 10.2. The SMILES string of the molecule is COc1ccc(S(=O)(=O)NC(=O)N2CCc3ccc(CC(=O)CS(=O)(=O)c4ccc(CO)cc4)cc3CC2)cc1.Nc1ccc2c(c1)CCNCC2. The summed E-state index contributed by atoms with van der Waals surface area (Å²) in [5.41, 5.74) is 12.6. The summed E-state index contributed by atoms with van der Waals surface area (Å²) < 4.78 is 57.8. The Morgan fingerprint density at radius 3 is 2.02 bits per heavy atom. The van der Waals surface area contributed by atoms with Crippen LogP contribution in [0.1, 0.15) is 33.4 Å². The number of hydrogen-bond acceptors (Lipinski definition) is 10. The number of nitrogens with zero attached hydrogens (tertiary/aromatic N) is 1. The molecule has 52 heavy (non-hydrogen) atoms. The van der Waals surface area contributed by atoms with Gasteiger partial charge in [0.05, 0.1) is 23.5 Å². The van der Waals surface area contributed by atoms with Crippen molar-refractivity contribution >= 4 is 37.4 Å². The summed E-state index contributed by atoms with van der Waals surface area (Å²) in [6.45, 7) is 2.55. The van der Waals surface area contributed by atoms with Crippen molar-refractivity contribution in [2.75, 3.05) is 44.8 Å². The quantitative estimate of drug-likeness (QED) is 0.185. The van der Waals surface area contributed by atoms with E-state index >= 15 is 0 Å². The summed E-state index contributed by atoms with van der Waals surface area (Å²) in [6, 6.07) is 22.4. The number of ether oxygens (including phenoxy) is 1. The number of nitrogens with one attached hydrogen (secondary N) is 2. The maximum absolute atomic E-state index is 12.8. The second-order valence-electron chi connectivity index (χ2n) is 12.7. The van der Waals surface area contributed by atoms with E-state index in [1.807, 2.05) is 18.2 Å². The van der Waals surface area contributed by atoms with Gasteiger partial charge in [-0.25, -0.2) is 26.4 Å². The average Bonchev–Trinajstić information content (AvgIpc) is 3.50. The second kappa shape index (κ2) is 17.2. The monoisotopic (exact) mass is 748 g/mol. The van der Waals surface area contributed by atoms with Crippen LogP contribution in [-0.4, -0.2) is 77.7 Å². The van der Waals surface area contributed by atoms with Gasteiger partial charge in [0.2, 0.25) is 0 Å². The fourth-order valence-corrected chi connectivity index (χ4v) is 8.37. The van der Waals surface area contributed by atoms with Gasteiger partial charge in [-0.05, 0) is 121 Å². The van der Waals surface area contributed by atoms with Crippen LogP contribution in [0.3, 0.4) is 0 Å². The molecule has 2 amide bonds. The predicted molar refractivity (Wildman–Crippen MR) is 198 cm³/mol. The van der Waals surface area contributed by atoms with Crippen LogP contribution in [0.4, 0.5) is 10.5 Å². The Labute approximate surface area is 305 Å². The Hall–Kier alpha value is -4.76.